The van der Waals surface area contributed by atoms with E-state index in [1.54, 1.807) is 4.90 Å². The fourth-order valence-corrected chi connectivity index (χ4v) is 3.14. The van der Waals surface area contributed by atoms with Gasteiger partial charge in [-0.25, -0.2) is 0 Å². The van der Waals surface area contributed by atoms with Crippen molar-refractivity contribution in [2.45, 2.75) is 13.5 Å². The van der Waals surface area contributed by atoms with Crippen LogP contribution in [0.2, 0.25) is 5.02 Å². The maximum absolute atomic E-state index is 12.5. The number of carbonyl (C=O) groups is 1. The number of benzene rings is 1. The molecule has 0 spiro atoms. The molecule has 0 aliphatic heterocycles. The van der Waals surface area contributed by atoms with Crippen molar-refractivity contribution in [3.63, 3.8) is 0 Å². The van der Waals surface area contributed by atoms with Crippen molar-refractivity contribution in [2.24, 2.45) is 0 Å². The first-order valence-corrected chi connectivity index (χ1v) is 7.57. The van der Waals surface area contributed by atoms with Gasteiger partial charge >= 0.3 is 0 Å². The molecule has 106 valence electrons. The lowest BCUT2D eigenvalue weighted by atomic mass is 10.2. The van der Waals surface area contributed by atoms with Gasteiger partial charge in [-0.05, 0) is 23.4 Å². The number of rotatable bonds is 5. The van der Waals surface area contributed by atoms with Gasteiger partial charge in [-0.2, -0.15) is 0 Å². The molecule has 1 N–H and O–H groups in total. The molecule has 0 unspecified atom stereocenters. The highest BCUT2D eigenvalue weighted by atomic mass is 35.5. The molecule has 1 aromatic carbocycles. The fraction of sp³-hybridized carbons (Fsp3) is 0.267. The predicted molar refractivity (Wildman–Crippen MR) is 82.3 cm³/mol. The van der Waals surface area contributed by atoms with Gasteiger partial charge in [0.15, 0.2) is 0 Å². The Morgan fingerprint density at radius 2 is 2.05 bits per heavy atom. The second-order valence-corrected chi connectivity index (χ2v) is 5.76. The minimum atomic E-state index is -0.133. The monoisotopic (exact) mass is 309 g/mol. The normalized spacial score (nSPS) is 10.6. The lowest BCUT2D eigenvalue weighted by molar-refractivity contribution is 0.0713. The van der Waals surface area contributed by atoms with Crippen LogP contribution in [0.1, 0.15) is 20.8 Å². The van der Waals surface area contributed by atoms with Crippen molar-refractivity contribution in [1.29, 1.82) is 0 Å². The van der Waals surface area contributed by atoms with Crippen LogP contribution in [0.25, 0.3) is 0 Å². The third kappa shape index (κ3) is 3.39. The fourth-order valence-electron chi connectivity index (χ4n) is 1.89. The number of aliphatic hydroxyl groups excluding tert-OH is 1. The van der Waals surface area contributed by atoms with Gasteiger partial charge in [-0.15, -0.1) is 11.3 Å². The predicted octanol–water partition coefficient (Wildman–Crippen LogP) is 3.34. The van der Waals surface area contributed by atoms with Crippen molar-refractivity contribution >= 4 is 28.8 Å². The molecule has 0 aliphatic carbocycles. The second kappa shape index (κ2) is 6.88. The van der Waals surface area contributed by atoms with Gasteiger partial charge in [-0.3, -0.25) is 4.79 Å². The summed E-state index contributed by atoms with van der Waals surface area (Å²) in [5.74, 6) is -0.133. The molecule has 0 fully saturated rings. The summed E-state index contributed by atoms with van der Waals surface area (Å²) in [5.41, 5.74) is 1.93. The van der Waals surface area contributed by atoms with Crippen molar-refractivity contribution in [2.75, 3.05) is 13.2 Å². The quantitative estimate of drug-likeness (QED) is 0.920. The summed E-state index contributed by atoms with van der Waals surface area (Å²) in [5, 5.41) is 11.5. The van der Waals surface area contributed by atoms with Crippen LogP contribution in [0, 0.1) is 6.92 Å². The highest BCUT2D eigenvalue weighted by Crippen LogP contribution is 2.28. The van der Waals surface area contributed by atoms with E-state index in [4.69, 9.17) is 16.7 Å². The Morgan fingerprint density at radius 3 is 2.60 bits per heavy atom. The van der Waals surface area contributed by atoms with Gasteiger partial charge in [0.05, 0.1) is 11.6 Å². The van der Waals surface area contributed by atoms with Crippen LogP contribution in [0.3, 0.4) is 0 Å². The number of thiophene rings is 1. The molecule has 0 radical (unpaired) electrons. The molecule has 2 aromatic rings. The molecule has 0 bridgehead atoms. The largest absolute Gasteiger partial charge is 0.395 e. The van der Waals surface area contributed by atoms with Gasteiger partial charge in [0.2, 0.25) is 0 Å². The minimum Gasteiger partial charge on any atom is -0.395 e. The molecular weight excluding hydrogens is 294 g/mol. The Labute approximate surface area is 127 Å². The molecule has 2 rings (SSSR count). The number of aryl methyl sites for hydroxylation is 1. The van der Waals surface area contributed by atoms with Crippen molar-refractivity contribution < 1.29 is 9.90 Å². The molecule has 3 nitrogen and oxygen atoms in total. The number of nitrogens with zero attached hydrogens (tertiary/aromatic N) is 1. The SMILES string of the molecule is Cc1csc(C(=O)N(CCO)Cc2ccccc2)c1Cl. The van der Waals surface area contributed by atoms with E-state index in [0.717, 1.165) is 11.1 Å². The Hall–Kier alpha value is -1.36. The van der Waals surface area contributed by atoms with Crippen LogP contribution in [-0.4, -0.2) is 29.1 Å². The maximum Gasteiger partial charge on any atom is 0.265 e. The Morgan fingerprint density at radius 1 is 1.35 bits per heavy atom. The van der Waals surface area contributed by atoms with Crippen LogP contribution in [0.5, 0.6) is 0 Å². The van der Waals surface area contributed by atoms with E-state index in [1.165, 1.54) is 11.3 Å². The summed E-state index contributed by atoms with van der Waals surface area (Å²) in [4.78, 5) is 14.7. The lowest BCUT2D eigenvalue weighted by Gasteiger charge is -2.21. The number of halogens is 1. The summed E-state index contributed by atoms with van der Waals surface area (Å²) in [6.07, 6.45) is 0. The van der Waals surface area contributed by atoms with E-state index in [9.17, 15) is 4.79 Å². The third-order valence-corrected chi connectivity index (χ3v) is 4.65. The number of hydrogen-bond donors (Lipinski definition) is 1. The molecule has 20 heavy (non-hydrogen) atoms. The van der Waals surface area contributed by atoms with Crippen LogP contribution in [0.4, 0.5) is 0 Å². The first-order chi connectivity index (χ1) is 9.63. The van der Waals surface area contributed by atoms with E-state index in [1.807, 2.05) is 42.6 Å². The zero-order valence-corrected chi connectivity index (χ0v) is 12.7. The second-order valence-electron chi connectivity index (χ2n) is 4.50. The van der Waals surface area contributed by atoms with Crippen LogP contribution in [0.15, 0.2) is 35.7 Å². The van der Waals surface area contributed by atoms with E-state index < -0.39 is 0 Å². The number of hydrogen-bond acceptors (Lipinski definition) is 3. The Bertz CT molecular complexity index is 583. The average molecular weight is 310 g/mol. The first-order valence-electron chi connectivity index (χ1n) is 6.31. The van der Waals surface area contributed by atoms with Crippen molar-refractivity contribution in [1.82, 2.24) is 4.90 Å². The first kappa shape index (κ1) is 15.0. The van der Waals surface area contributed by atoms with E-state index in [2.05, 4.69) is 0 Å². The molecule has 1 amide bonds. The molecule has 0 aliphatic rings. The van der Waals surface area contributed by atoms with Crippen LogP contribution in [-0.2, 0) is 6.54 Å². The summed E-state index contributed by atoms with van der Waals surface area (Å²) in [6.45, 7) is 2.57. The molecule has 0 atom stereocenters. The molecule has 1 aromatic heterocycles. The molecule has 0 saturated heterocycles. The zero-order chi connectivity index (χ0) is 14.5. The topological polar surface area (TPSA) is 40.5 Å². The standard InChI is InChI=1S/C15H16ClNO2S/c1-11-10-20-14(13(11)16)15(19)17(7-8-18)9-12-5-3-2-4-6-12/h2-6,10,18H,7-9H2,1H3. The number of amides is 1. The number of carbonyl (C=O) groups excluding carboxylic acids is 1. The third-order valence-electron chi connectivity index (χ3n) is 2.97. The van der Waals surface area contributed by atoms with Gasteiger partial charge < -0.3 is 10.0 Å². The smallest absolute Gasteiger partial charge is 0.265 e. The summed E-state index contributed by atoms with van der Waals surface area (Å²) in [7, 11) is 0. The van der Waals surface area contributed by atoms with Crippen molar-refractivity contribution in [3.8, 4) is 0 Å². The molecule has 5 heteroatoms. The van der Waals surface area contributed by atoms with Crippen molar-refractivity contribution in [3.05, 3.63) is 56.7 Å². The molecule has 0 saturated carbocycles. The highest BCUT2D eigenvalue weighted by molar-refractivity contribution is 7.13. The maximum atomic E-state index is 12.5. The zero-order valence-electron chi connectivity index (χ0n) is 11.2. The van der Waals surface area contributed by atoms with E-state index in [-0.39, 0.29) is 12.5 Å². The van der Waals surface area contributed by atoms with Crippen LogP contribution < -0.4 is 0 Å². The van der Waals surface area contributed by atoms with Gasteiger partial charge in [0.1, 0.15) is 4.88 Å². The number of aliphatic hydroxyl groups is 1. The Balaban J connectivity index is 2.20. The Kier molecular flexibility index (Phi) is 5.17. The molecule has 1 heterocycles. The van der Waals surface area contributed by atoms with Gasteiger partial charge in [-0.1, -0.05) is 41.9 Å². The average Bonchev–Trinajstić information content (AvgIpc) is 2.79. The van der Waals surface area contributed by atoms with Gasteiger partial charge in [0.25, 0.3) is 5.91 Å². The summed E-state index contributed by atoms with van der Waals surface area (Å²) < 4.78 is 0. The van der Waals surface area contributed by atoms with Crippen LogP contribution >= 0.6 is 22.9 Å². The van der Waals surface area contributed by atoms with Gasteiger partial charge in [0, 0.05) is 13.1 Å². The minimum absolute atomic E-state index is 0.0689. The van der Waals surface area contributed by atoms with E-state index >= 15 is 0 Å². The lowest BCUT2D eigenvalue weighted by Crippen LogP contribution is -2.32. The summed E-state index contributed by atoms with van der Waals surface area (Å²) in [6, 6.07) is 9.71. The summed E-state index contributed by atoms with van der Waals surface area (Å²) >= 11 is 7.50. The highest BCUT2D eigenvalue weighted by Gasteiger charge is 2.21. The van der Waals surface area contributed by atoms with E-state index in [0.29, 0.717) is 23.0 Å². The molecular formula is C15H16ClNO2S.